The Morgan fingerprint density at radius 3 is 2.52 bits per heavy atom. The molecule has 0 fully saturated rings. The van der Waals surface area contributed by atoms with Crippen molar-refractivity contribution in [1.29, 1.82) is 5.26 Å². The highest BCUT2D eigenvalue weighted by Crippen LogP contribution is 2.20. The number of carbonyl (C=O) groups is 1. The Balaban J connectivity index is 2.15. The summed E-state index contributed by atoms with van der Waals surface area (Å²) in [5, 5.41) is 11.9. The number of para-hydroxylation sites is 1. The van der Waals surface area contributed by atoms with Crippen LogP contribution in [0.1, 0.15) is 19.6 Å². The SMILES string of the molecule is CCN(CC)c1ccc(/C=C(\C#N)C(=O)Nc2ccccc2)o1. The van der Waals surface area contributed by atoms with Gasteiger partial charge in [0.2, 0.25) is 0 Å². The normalized spacial score (nSPS) is 10.9. The van der Waals surface area contributed by atoms with E-state index in [9.17, 15) is 10.1 Å². The van der Waals surface area contributed by atoms with E-state index in [1.54, 1.807) is 18.2 Å². The minimum Gasteiger partial charge on any atom is -0.441 e. The maximum absolute atomic E-state index is 12.1. The fourth-order valence-corrected chi connectivity index (χ4v) is 2.14. The number of furan rings is 1. The Morgan fingerprint density at radius 2 is 1.91 bits per heavy atom. The molecule has 0 atom stereocenters. The van der Waals surface area contributed by atoms with Crippen LogP contribution in [0.4, 0.5) is 11.6 Å². The van der Waals surface area contributed by atoms with Crippen LogP contribution in [0.15, 0.2) is 52.5 Å². The molecule has 1 amide bonds. The quantitative estimate of drug-likeness (QED) is 0.653. The summed E-state index contributed by atoms with van der Waals surface area (Å²) >= 11 is 0. The molecule has 1 N–H and O–H groups in total. The largest absolute Gasteiger partial charge is 0.441 e. The molecule has 0 bridgehead atoms. The van der Waals surface area contributed by atoms with Gasteiger partial charge in [-0.15, -0.1) is 0 Å². The first-order valence-corrected chi connectivity index (χ1v) is 7.50. The lowest BCUT2D eigenvalue weighted by molar-refractivity contribution is -0.112. The molecule has 0 aliphatic rings. The molecule has 0 unspecified atom stereocenters. The summed E-state index contributed by atoms with van der Waals surface area (Å²) < 4.78 is 5.68. The Bertz CT molecular complexity index is 722. The first kappa shape index (κ1) is 16.4. The minimum absolute atomic E-state index is 0.00528. The van der Waals surface area contributed by atoms with Gasteiger partial charge in [-0.25, -0.2) is 0 Å². The van der Waals surface area contributed by atoms with Crippen molar-refractivity contribution in [3.63, 3.8) is 0 Å². The molecule has 23 heavy (non-hydrogen) atoms. The average molecular weight is 309 g/mol. The molecular formula is C18H19N3O2. The topological polar surface area (TPSA) is 69.3 Å². The lowest BCUT2D eigenvalue weighted by atomic mass is 10.2. The summed E-state index contributed by atoms with van der Waals surface area (Å²) in [5.74, 6) is 0.744. The summed E-state index contributed by atoms with van der Waals surface area (Å²) in [4.78, 5) is 14.2. The zero-order valence-corrected chi connectivity index (χ0v) is 13.2. The van der Waals surface area contributed by atoms with Gasteiger partial charge in [0.15, 0.2) is 5.88 Å². The molecule has 2 rings (SSSR count). The van der Waals surface area contributed by atoms with Crippen molar-refractivity contribution in [2.24, 2.45) is 0 Å². The fourth-order valence-electron chi connectivity index (χ4n) is 2.14. The van der Waals surface area contributed by atoms with E-state index in [-0.39, 0.29) is 5.57 Å². The van der Waals surface area contributed by atoms with Gasteiger partial charge in [-0.3, -0.25) is 4.79 Å². The first-order valence-electron chi connectivity index (χ1n) is 7.50. The van der Waals surface area contributed by atoms with Crippen LogP contribution >= 0.6 is 0 Å². The van der Waals surface area contributed by atoms with E-state index in [0.29, 0.717) is 11.4 Å². The Hall–Kier alpha value is -3.00. The average Bonchev–Trinajstić information content (AvgIpc) is 3.03. The number of amides is 1. The van der Waals surface area contributed by atoms with Gasteiger partial charge < -0.3 is 14.6 Å². The van der Waals surface area contributed by atoms with Crippen molar-refractivity contribution >= 4 is 23.6 Å². The summed E-state index contributed by atoms with van der Waals surface area (Å²) in [7, 11) is 0. The van der Waals surface area contributed by atoms with Gasteiger partial charge in [0, 0.05) is 30.9 Å². The van der Waals surface area contributed by atoms with Gasteiger partial charge in [0.25, 0.3) is 5.91 Å². The zero-order chi connectivity index (χ0) is 16.7. The van der Waals surface area contributed by atoms with Gasteiger partial charge in [-0.1, -0.05) is 18.2 Å². The molecule has 2 aromatic rings. The number of anilines is 2. The predicted octanol–water partition coefficient (Wildman–Crippen LogP) is 3.67. The van der Waals surface area contributed by atoms with Crippen LogP contribution in [0.25, 0.3) is 6.08 Å². The zero-order valence-electron chi connectivity index (χ0n) is 13.2. The molecule has 118 valence electrons. The second-order valence-electron chi connectivity index (χ2n) is 4.84. The molecular weight excluding hydrogens is 290 g/mol. The number of nitriles is 1. The van der Waals surface area contributed by atoms with Gasteiger partial charge >= 0.3 is 0 Å². The number of nitrogens with zero attached hydrogens (tertiary/aromatic N) is 2. The number of hydrogen-bond acceptors (Lipinski definition) is 4. The third kappa shape index (κ3) is 4.24. The van der Waals surface area contributed by atoms with Crippen molar-refractivity contribution < 1.29 is 9.21 Å². The lowest BCUT2D eigenvalue weighted by Gasteiger charge is -2.16. The third-order valence-electron chi connectivity index (χ3n) is 3.37. The second kappa shape index (κ2) is 7.85. The highest BCUT2D eigenvalue weighted by Gasteiger charge is 2.12. The number of hydrogen-bond donors (Lipinski definition) is 1. The number of benzene rings is 1. The fraction of sp³-hybridized carbons (Fsp3) is 0.222. The molecule has 1 aromatic carbocycles. The van der Waals surface area contributed by atoms with Crippen molar-refractivity contribution in [3.8, 4) is 6.07 Å². The van der Waals surface area contributed by atoms with Crippen LogP contribution in [-0.2, 0) is 4.79 Å². The van der Waals surface area contributed by atoms with Crippen LogP contribution in [0.5, 0.6) is 0 Å². The number of rotatable bonds is 6. The molecule has 5 nitrogen and oxygen atoms in total. The monoisotopic (exact) mass is 309 g/mol. The molecule has 0 aliphatic heterocycles. The lowest BCUT2D eigenvalue weighted by Crippen LogP contribution is -2.20. The summed E-state index contributed by atoms with van der Waals surface area (Å²) in [6, 6.07) is 14.5. The number of carbonyl (C=O) groups excluding carboxylic acids is 1. The van der Waals surface area contributed by atoms with E-state index in [4.69, 9.17) is 4.42 Å². The third-order valence-corrected chi connectivity index (χ3v) is 3.37. The van der Waals surface area contributed by atoms with E-state index in [1.165, 1.54) is 6.08 Å². The Labute approximate surface area is 135 Å². The molecule has 0 spiro atoms. The van der Waals surface area contributed by atoms with E-state index in [0.717, 1.165) is 19.0 Å². The molecule has 0 radical (unpaired) electrons. The summed E-state index contributed by atoms with van der Waals surface area (Å²) in [6.45, 7) is 5.73. The van der Waals surface area contributed by atoms with Crippen LogP contribution in [0.2, 0.25) is 0 Å². The molecule has 1 heterocycles. The second-order valence-corrected chi connectivity index (χ2v) is 4.84. The van der Waals surface area contributed by atoms with Crippen LogP contribution in [0, 0.1) is 11.3 Å². The van der Waals surface area contributed by atoms with E-state index < -0.39 is 5.91 Å². The standard InChI is InChI=1S/C18H19N3O2/c1-3-21(4-2)17-11-10-16(23-17)12-14(13-19)18(22)20-15-8-6-5-7-9-15/h5-12H,3-4H2,1-2H3,(H,20,22)/b14-12+. The van der Waals surface area contributed by atoms with E-state index in [2.05, 4.69) is 5.32 Å². The van der Waals surface area contributed by atoms with Gasteiger partial charge in [-0.2, -0.15) is 5.26 Å². The van der Waals surface area contributed by atoms with Gasteiger partial charge in [-0.05, 0) is 32.0 Å². The molecule has 0 saturated heterocycles. The Kier molecular flexibility index (Phi) is 5.59. The van der Waals surface area contributed by atoms with Crippen LogP contribution in [0.3, 0.4) is 0 Å². The smallest absolute Gasteiger partial charge is 0.266 e. The molecule has 1 aromatic heterocycles. The Morgan fingerprint density at radius 1 is 1.22 bits per heavy atom. The van der Waals surface area contributed by atoms with Crippen LogP contribution < -0.4 is 10.2 Å². The van der Waals surface area contributed by atoms with Crippen molar-refractivity contribution in [1.82, 2.24) is 0 Å². The maximum Gasteiger partial charge on any atom is 0.266 e. The van der Waals surface area contributed by atoms with Crippen molar-refractivity contribution in [2.45, 2.75) is 13.8 Å². The minimum atomic E-state index is -0.459. The highest BCUT2D eigenvalue weighted by molar-refractivity contribution is 6.09. The van der Waals surface area contributed by atoms with Crippen LogP contribution in [-0.4, -0.2) is 19.0 Å². The van der Waals surface area contributed by atoms with Crippen molar-refractivity contribution in [3.05, 3.63) is 53.8 Å². The van der Waals surface area contributed by atoms with Gasteiger partial charge in [0.1, 0.15) is 17.4 Å². The predicted molar refractivity (Wildman–Crippen MR) is 90.9 cm³/mol. The summed E-state index contributed by atoms with van der Waals surface area (Å²) in [6.07, 6.45) is 1.45. The van der Waals surface area contributed by atoms with E-state index in [1.807, 2.05) is 49.1 Å². The number of nitrogens with one attached hydrogen (secondary N) is 1. The maximum atomic E-state index is 12.1. The van der Waals surface area contributed by atoms with Gasteiger partial charge in [0.05, 0.1) is 0 Å². The molecule has 5 heteroatoms. The molecule has 0 saturated carbocycles. The first-order chi connectivity index (χ1) is 11.2. The van der Waals surface area contributed by atoms with Crippen molar-refractivity contribution in [2.75, 3.05) is 23.3 Å². The highest BCUT2D eigenvalue weighted by atomic mass is 16.4. The van der Waals surface area contributed by atoms with E-state index >= 15 is 0 Å². The summed E-state index contributed by atoms with van der Waals surface area (Å²) in [5.41, 5.74) is 0.635. The molecule has 0 aliphatic carbocycles.